The molecule has 26 heavy (non-hydrogen) atoms. The highest BCUT2D eigenvalue weighted by atomic mass is 16.2. The Hall–Kier alpha value is -1.94. The molecule has 1 aromatic heterocycles. The molecule has 1 amide bonds. The van der Waals surface area contributed by atoms with E-state index >= 15 is 0 Å². The quantitative estimate of drug-likeness (QED) is 0.899. The third-order valence-electron chi connectivity index (χ3n) is 6.38. The van der Waals surface area contributed by atoms with Crippen molar-refractivity contribution in [3.8, 4) is 0 Å². The lowest BCUT2D eigenvalue weighted by Crippen LogP contribution is -2.42. The number of aromatic nitrogens is 1. The van der Waals surface area contributed by atoms with E-state index in [1.54, 1.807) is 0 Å². The van der Waals surface area contributed by atoms with Crippen molar-refractivity contribution in [1.29, 1.82) is 0 Å². The molecule has 3 fully saturated rings. The third-order valence-corrected chi connectivity index (χ3v) is 6.38. The molecule has 2 unspecified atom stereocenters. The molecule has 1 N–H and O–H groups in total. The van der Waals surface area contributed by atoms with Gasteiger partial charge in [0.1, 0.15) is 0 Å². The van der Waals surface area contributed by atoms with Crippen molar-refractivity contribution in [3.63, 3.8) is 0 Å². The summed E-state index contributed by atoms with van der Waals surface area (Å²) in [5, 5.41) is 4.54. The molecule has 2 saturated heterocycles. The summed E-state index contributed by atoms with van der Waals surface area (Å²) in [6, 6.07) is 7.17. The van der Waals surface area contributed by atoms with E-state index in [0.29, 0.717) is 18.0 Å². The summed E-state index contributed by atoms with van der Waals surface area (Å²) in [6.45, 7) is 6.17. The first-order valence-electron chi connectivity index (χ1n) is 10.1. The second-order valence-corrected chi connectivity index (χ2v) is 8.44. The first-order valence-corrected chi connectivity index (χ1v) is 10.1. The van der Waals surface area contributed by atoms with E-state index < -0.39 is 0 Å². The summed E-state index contributed by atoms with van der Waals surface area (Å²) in [6.07, 6.45) is 5.75. The maximum atomic E-state index is 13.7. The second-order valence-electron chi connectivity index (χ2n) is 8.44. The van der Waals surface area contributed by atoms with E-state index in [-0.39, 0.29) is 5.91 Å². The smallest absolute Gasteiger partial charge is 0.255 e. The summed E-state index contributed by atoms with van der Waals surface area (Å²) >= 11 is 0. The number of aryl methyl sites for hydroxylation is 2. The average molecular weight is 349 g/mol. The highest BCUT2D eigenvalue weighted by Gasteiger charge is 2.39. The van der Waals surface area contributed by atoms with Gasteiger partial charge in [-0.05, 0) is 70.2 Å². The minimum absolute atomic E-state index is 0.223. The predicted octanol–water partition coefficient (Wildman–Crippen LogP) is 3.70. The second kappa shape index (κ2) is 6.05. The van der Waals surface area contributed by atoms with E-state index in [1.807, 2.05) is 0 Å². The summed E-state index contributed by atoms with van der Waals surface area (Å²) in [4.78, 5) is 20.9. The summed E-state index contributed by atoms with van der Waals surface area (Å²) < 4.78 is 0. The van der Waals surface area contributed by atoms with Gasteiger partial charge in [0.2, 0.25) is 0 Å². The van der Waals surface area contributed by atoms with Crippen LogP contribution in [0.1, 0.15) is 65.2 Å². The Balaban J connectivity index is 1.66. The number of hydrogen-bond acceptors (Lipinski definition) is 3. The van der Waals surface area contributed by atoms with Crippen LogP contribution < -0.4 is 5.32 Å². The molecular formula is C22H27N3O. The maximum absolute atomic E-state index is 13.7. The summed E-state index contributed by atoms with van der Waals surface area (Å²) in [5.41, 5.74) is 5.39. The standard InChI is InChI=1S/C22H27N3O/c1-13-9-14(2)21-18(10-13)19(11-20(24-21)15-3-4-15)22(26)25-16-5-6-17(25)12-23-8-7-16/h9-11,15-17,23H,3-8,12H2,1-2H3. The average Bonchev–Trinajstić information content (AvgIpc) is 3.38. The van der Waals surface area contributed by atoms with Gasteiger partial charge in [0.05, 0.1) is 11.1 Å². The van der Waals surface area contributed by atoms with E-state index in [2.05, 4.69) is 42.3 Å². The number of carbonyl (C=O) groups excluding carboxylic acids is 1. The van der Waals surface area contributed by atoms with Crippen molar-refractivity contribution in [1.82, 2.24) is 15.2 Å². The zero-order valence-electron chi connectivity index (χ0n) is 15.7. The Morgan fingerprint density at radius 1 is 1.08 bits per heavy atom. The molecule has 0 spiro atoms. The maximum Gasteiger partial charge on any atom is 0.255 e. The normalized spacial score (nSPS) is 25.5. The van der Waals surface area contributed by atoms with Gasteiger partial charge in [-0.1, -0.05) is 11.6 Å². The molecular weight excluding hydrogens is 322 g/mol. The lowest BCUT2D eigenvalue weighted by Gasteiger charge is -2.28. The van der Waals surface area contributed by atoms with Crippen LogP contribution in [-0.2, 0) is 0 Å². The van der Waals surface area contributed by atoms with Crippen LogP contribution in [0.2, 0.25) is 0 Å². The van der Waals surface area contributed by atoms with E-state index in [1.165, 1.54) is 24.0 Å². The van der Waals surface area contributed by atoms with Crippen LogP contribution in [-0.4, -0.2) is 41.0 Å². The Morgan fingerprint density at radius 3 is 2.69 bits per heavy atom. The Bertz CT molecular complexity index is 873. The molecule has 1 aromatic carbocycles. The molecule has 2 aromatic rings. The van der Waals surface area contributed by atoms with Gasteiger partial charge in [-0.15, -0.1) is 0 Å². The number of nitrogens with one attached hydrogen (secondary N) is 1. The molecule has 4 nitrogen and oxygen atoms in total. The molecule has 0 radical (unpaired) electrons. The van der Waals surface area contributed by atoms with Crippen molar-refractivity contribution in [2.24, 2.45) is 0 Å². The monoisotopic (exact) mass is 349 g/mol. The topological polar surface area (TPSA) is 45.2 Å². The van der Waals surface area contributed by atoms with Crippen LogP contribution >= 0.6 is 0 Å². The lowest BCUT2D eigenvalue weighted by molar-refractivity contribution is 0.0682. The van der Waals surface area contributed by atoms with Crippen LogP contribution in [0.15, 0.2) is 18.2 Å². The van der Waals surface area contributed by atoms with Crippen molar-refractivity contribution in [2.45, 2.75) is 64.0 Å². The number of rotatable bonds is 2. The summed E-state index contributed by atoms with van der Waals surface area (Å²) in [7, 11) is 0. The van der Waals surface area contributed by atoms with Gasteiger partial charge in [0, 0.05) is 35.6 Å². The molecule has 2 bridgehead atoms. The Morgan fingerprint density at radius 2 is 1.88 bits per heavy atom. The molecule has 136 valence electrons. The van der Waals surface area contributed by atoms with Crippen LogP contribution in [0.3, 0.4) is 0 Å². The Kier molecular flexibility index (Phi) is 3.78. The highest BCUT2D eigenvalue weighted by molar-refractivity contribution is 6.07. The number of amides is 1. The molecule has 3 heterocycles. The SMILES string of the molecule is Cc1cc(C)c2nc(C3CC3)cc(C(=O)N3C4CCNCC3CC4)c2c1. The fraction of sp³-hybridized carbons (Fsp3) is 0.545. The highest BCUT2D eigenvalue weighted by Crippen LogP contribution is 2.41. The molecule has 1 saturated carbocycles. The molecule has 5 rings (SSSR count). The first-order chi connectivity index (χ1) is 12.6. The van der Waals surface area contributed by atoms with Gasteiger partial charge in [-0.2, -0.15) is 0 Å². The van der Waals surface area contributed by atoms with E-state index in [0.717, 1.165) is 54.5 Å². The van der Waals surface area contributed by atoms with Crippen LogP contribution in [0, 0.1) is 13.8 Å². The third kappa shape index (κ3) is 2.62. The minimum atomic E-state index is 0.223. The number of nitrogens with zero attached hydrogens (tertiary/aromatic N) is 2. The molecule has 3 aliphatic rings. The number of pyridine rings is 1. The zero-order chi connectivity index (χ0) is 17.8. The van der Waals surface area contributed by atoms with Gasteiger partial charge in [0.15, 0.2) is 0 Å². The van der Waals surface area contributed by atoms with Crippen molar-refractivity contribution in [2.75, 3.05) is 13.1 Å². The van der Waals surface area contributed by atoms with Crippen LogP contribution in [0.25, 0.3) is 10.9 Å². The summed E-state index contributed by atoms with van der Waals surface area (Å²) in [5.74, 6) is 0.773. The van der Waals surface area contributed by atoms with Gasteiger partial charge in [-0.25, -0.2) is 0 Å². The fourth-order valence-electron chi connectivity index (χ4n) is 4.92. The van der Waals surface area contributed by atoms with Crippen molar-refractivity contribution >= 4 is 16.8 Å². The fourth-order valence-corrected chi connectivity index (χ4v) is 4.92. The van der Waals surface area contributed by atoms with Crippen LogP contribution in [0.4, 0.5) is 0 Å². The van der Waals surface area contributed by atoms with Crippen LogP contribution in [0.5, 0.6) is 0 Å². The zero-order valence-corrected chi connectivity index (χ0v) is 15.7. The number of carbonyl (C=O) groups is 1. The van der Waals surface area contributed by atoms with Gasteiger partial charge < -0.3 is 10.2 Å². The predicted molar refractivity (Wildman–Crippen MR) is 104 cm³/mol. The number of fused-ring (bicyclic) bond motifs is 3. The van der Waals surface area contributed by atoms with Crippen molar-refractivity contribution < 1.29 is 4.79 Å². The Labute approximate surface area is 155 Å². The van der Waals surface area contributed by atoms with Crippen molar-refractivity contribution in [3.05, 3.63) is 40.6 Å². The largest absolute Gasteiger partial charge is 0.331 e. The number of hydrogen-bond donors (Lipinski definition) is 1. The molecule has 1 aliphatic carbocycles. The lowest BCUT2D eigenvalue weighted by atomic mass is 9.99. The molecule has 4 heteroatoms. The minimum Gasteiger partial charge on any atom is -0.331 e. The molecule has 2 atom stereocenters. The number of benzene rings is 1. The molecule has 2 aliphatic heterocycles. The van der Waals surface area contributed by atoms with Gasteiger partial charge in [0.25, 0.3) is 5.91 Å². The van der Waals surface area contributed by atoms with Gasteiger partial charge >= 0.3 is 0 Å². The van der Waals surface area contributed by atoms with E-state index in [4.69, 9.17) is 4.98 Å². The van der Waals surface area contributed by atoms with Gasteiger partial charge in [-0.3, -0.25) is 9.78 Å². The van der Waals surface area contributed by atoms with E-state index in [9.17, 15) is 4.79 Å². The first kappa shape index (κ1) is 16.2.